The van der Waals surface area contributed by atoms with Crippen molar-refractivity contribution in [1.29, 1.82) is 0 Å². The first kappa shape index (κ1) is 26.3. The molecule has 2 aromatic rings. The largest absolute Gasteiger partial charge is 0.356 e. The molecule has 2 atom stereocenters. The fourth-order valence-electron chi connectivity index (χ4n) is 4.33. The Labute approximate surface area is 214 Å². The maximum Gasteiger partial charge on any atom is 0.280 e. The Morgan fingerprint density at radius 2 is 1.89 bits per heavy atom. The van der Waals surface area contributed by atoms with Gasteiger partial charge in [0, 0.05) is 38.1 Å². The molecule has 2 aliphatic heterocycles. The Morgan fingerprint density at radius 1 is 1.17 bits per heavy atom. The van der Waals surface area contributed by atoms with Crippen molar-refractivity contribution >= 4 is 45.1 Å². The van der Waals surface area contributed by atoms with Gasteiger partial charge in [-0.1, -0.05) is 11.6 Å². The minimum absolute atomic E-state index is 0.0750. The van der Waals surface area contributed by atoms with E-state index < -0.39 is 39.9 Å². The third-order valence-electron chi connectivity index (χ3n) is 6.44. The van der Waals surface area contributed by atoms with E-state index >= 15 is 0 Å². The zero-order valence-corrected chi connectivity index (χ0v) is 21.4. The number of benzene rings is 1. The number of aryl methyl sites for hydroxylation is 1. The highest BCUT2D eigenvalue weighted by Crippen LogP contribution is 2.23. The molecule has 0 radical (unpaired) electrons. The molecule has 36 heavy (non-hydrogen) atoms. The predicted octanol–water partition coefficient (Wildman–Crippen LogP) is 1.81. The normalized spacial score (nSPS) is 22.7. The zero-order valence-electron chi connectivity index (χ0n) is 19.9. The Bertz CT molecular complexity index is 1250. The monoisotopic (exact) mass is 538 g/mol. The van der Waals surface area contributed by atoms with Crippen LogP contribution >= 0.6 is 11.6 Å². The molecule has 1 aromatic heterocycles. The number of aromatic nitrogens is 1. The summed E-state index contributed by atoms with van der Waals surface area (Å²) in [6.07, 6.45) is 3.04. The standard InChI is InChI=1S/C23H28ClFN6O4S/c1-14-5-8-26-21(11-14)31-9-6-15(7-10-31)27-22(32)19-13-20(30(2)36(34,35)29-19)23(33)28-16-3-4-18(25)17(24)12-16/h3-5,8,11-12,15,19-20,29H,6-7,9-10,13H2,1-2H3,(H,27,32)(H,28,33). The molecule has 2 unspecified atom stereocenters. The maximum atomic E-state index is 13.4. The highest BCUT2D eigenvalue weighted by atomic mass is 35.5. The van der Waals surface area contributed by atoms with Crippen molar-refractivity contribution in [3.8, 4) is 0 Å². The molecule has 3 N–H and O–H groups in total. The van der Waals surface area contributed by atoms with E-state index in [-0.39, 0.29) is 23.2 Å². The molecule has 2 saturated heterocycles. The second kappa shape index (κ2) is 10.7. The van der Waals surface area contributed by atoms with Crippen LogP contribution in [0.4, 0.5) is 15.9 Å². The summed E-state index contributed by atoms with van der Waals surface area (Å²) in [7, 11) is -2.83. The number of carbonyl (C=O) groups is 2. The lowest BCUT2D eigenvalue weighted by molar-refractivity contribution is -0.125. The number of pyridine rings is 1. The fraction of sp³-hybridized carbons (Fsp3) is 0.435. The van der Waals surface area contributed by atoms with Gasteiger partial charge in [-0.3, -0.25) is 9.59 Å². The highest BCUT2D eigenvalue weighted by Gasteiger charge is 2.43. The van der Waals surface area contributed by atoms with Gasteiger partial charge in [-0.05, 0) is 62.1 Å². The number of anilines is 2. The average molecular weight is 539 g/mol. The molecule has 194 valence electrons. The summed E-state index contributed by atoms with van der Waals surface area (Å²) in [6.45, 7) is 3.40. The molecule has 10 nitrogen and oxygen atoms in total. The zero-order chi connectivity index (χ0) is 26.0. The van der Waals surface area contributed by atoms with E-state index in [1.54, 1.807) is 6.20 Å². The SMILES string of the molecule is Cc1ccnc(N2CCC(NC(=O)C3CC(C(=O)Nc4ccc(F)c(Cl)c4)N(C)S(=O)(=O)N3)CC2)c1. The van der Waals surface area contributed by atoms with Crippen molar-refractivity contribution in [3.63, 3.8) is 0 Å². The number of halogens is 2. The van der Waals surface area contributed by atoms with E-state index in [0.29, 0.717) is 25.9 Å². The highest BCUT2D eigenvalue weighted by molar-refractivity contribution is 7.87. The number of nitrogens with zero attached hydrogens (tertiary/aromatic N) is 3. The van der Waals surface area contributed by atoms with E-state index in [1.807, 2.05) is 19.1 Å². The number of amides is 2. The molecule has 2 fully saturated rings. The molecule has 0 saturated carbocycles. The molecular weight excluding hydrogens is 511 g/mol. The summed E-state index contributed by atoms with van der Waals surface area (Å²) < 4.78 is 42.0. The van der Waals surface area contributed by atoms with Gasteiger partial charge in [0.1, 0.15) is 23.7 Å². The first-order valence-electron chi connectivity index (χ1n) is 11.5. The van der Waals surface area contributed by atoms with Gasteiger partial charge in [0.15, 0.2) is 0 Å². The summed E-state index contributed by atoms with van der Waals surface area (Å²) in [5.74, 6) is -0.892. The van der Waals surface area contributed by atoms with Gasteiger partial charge < -0.3 is 15.5 Å². The van der Waals surface area contributed by atoms with Gasteiger partial charge >= 0.3 is 0 Å². The summed E-state index contributed by atoms with van der Waals surface area (Å²) in [4.78, 5) is 32.4. The molecule has 13 heteroatoms. The van der Waals surface area contributed by atoms with E-state index in [4.69, 9.17) is 11.6 Å². The minimum atomic E-state index is -4.09. The number of piperidine rings is 1. The van der Waals surface area contributed by atoms with E-state index in [0.717, 1.165) is 21.8 Å². The lowest BCUT2D eigenvalue weighted by Gasteiger charge is -2.37. The molecule has 2 amide bonds. The Balaban J connectivity index is 1.37. The Morgan fingerprint density at radius 3 is 2.56 bits per heavy atom. The first-order valence-corrected chi connectivity index (χ1v) is 13.3. The van der Waals surface area contributed by atoms with Crippen LogP contribution in [0.5, 0.6) is 0 Å². The predicted molar refractivity (Wildman–Crippen MR) is 134 cm³/mol. The van der Waals surface area contributed by atoms with Gasteiger partial charge in [-0.2, -0.15) is 17.4 Å². The van der Waals surface area contributed by atoms with Crippen molar-refractivity contribution in [3.05, 3.63) is 52.9 Å². The van der Waals surface area contributed by atoms with E-state index in [1.165, 1.54) is 19.2 Å². The molecule has 2 aliphatic rings. The van der Waals surface area contributed by atoms with Crippen molar-refractivity contribution in [2.24, 2.45) is 0 Å². The van der Waals surface area contributed by atoms with Crippen molar-refractivity contribution in [2.45, 2.75) is 44.3 Å². The topological polar surface area (TPSA) is 124 Å². The van der Waals surface area contributed by atoms with Gasteiger partial charge in [0.2, 0.25) is 11.8 Å². The van der Waals surface area contributed by atoms with Gasteiger partial charge in [-0.25, -0.2) is 9.37 Å². The Kier molecular flexibility index (Phi) is 7.79. The molecule has 0 bridgehead atoms. The number of carbonyl (C=O) groups excluding carboxylic acids is 2. The second-order valence-corrected chi connectivity index (χ2v) is 11.2. The first-order chi connectivity index (χ1) is 17.0. The third-order valence-corrected chi connectivity index (χ3v) is 8.33. The van der Waals surface area contributed by atoms with Crippen molar-refractivity contribution in [1.82, 2.24) is 19.3 Å². The molecule has 0 aliphatic carbocycles. The van der Waals surface area contributed by atoms with Crippen LogP contribution in [0.15, 0.2) is 36.5 Å². The minimum Gasteiger partial charge on any atom is -0.356 e. The van der Waals surface area contributed by atoms with Gasteiger partial charge in [0.05, 0.1) is 5.02 Å². The van der Waals surface area contributed by atoms with Crippen LogP contribution in [0.2, 0.25) is 5.02 Å². The van der Waals surface area contributed by atoms with E-state index in [9.17, 15) is 22.4 Å². The average Bonchev–Trinajstić information content (AvgIpc) is 2.83. The fourth-order valence-corrected chi connectivity index (χ4v) is 5.76. The van der Waals surface area contributed by atoms with Crippen LogP contribution < -0.4 is 20.3 Å². The molecule has 0 spiro atoms. The van der Waals surface area contributed by atoms with Crippen LogP contribution in [-0.4, -0.2) is 67.8 Å². The van der Waals surface area contributed by atoms with E-state index in [2.05, 4.69) is 25.2 Å². The number of hydrogen-bond acceptors (Lipinski definition) is 6. The third kappa shape index (κ3) is 5.94. The van der Waals surface area contributed by atoms with Crippen LogP contribution in [0.1, 0.15) is 24.8 Å². The van der Waals surface area contributed by atoms with Crippen LogP contribution in [0, 0.1) is 12.7 Å². The summed E-state index contributed by atoms with van der Waals surface area (Å²) >= 11 is 5.76. The smallest absolute Gasteiger partial charge is 0.280 e. The van der Waals surface area contributed by atoms with Crippen molar-refractivity contribution < 1.29 is 22.4 Å². The summed E-state index contributed by atoms with van der Waals surface area (Å²) in [6, 6.07) is 5.19. The van der Waals surface area contributed by atoms with Crippen LogP contribution in [-0.2, 0) is 19.8 Å². The number of rotatable bonds is 5. The number of likely N-dealkylation sites (N-methyl/N-ethyl adjacent to an activating group) is 1. The molecule has 4 rings (SSSR count). The molecule has 1 aromatic carbocycles. The number of nitrogens with one attached hydrogen (secondary N) is 3. The number of hydrogen-bond donors (Lipinski definition) is 3. The maximum absolute atomic E-state index is 13.4. The summed E-state index contributed by atoms with van der Waals surface area (Å²) in [5, 5.41) is 5.29. The van der Waals surface area contributed by atoms with Crippen molar-refractivity contribution in [2.75, 3.05) is 30.4 Å². The summed E-state index contributed by atoms with van der Waals surface area (Å²) in [5.41, 5.74) is 1.33. The van der Waals surface area contributed by atoms with Gasteiger partial charge in [0.25, 0.3) is 10.2 Å². The van der Waals surface area contributed by atoms with Gasteiger partial charge in [-0.15, -0.1) is 0 Å². The lowest BCUT2D eigenvalue weighted by Crippen LogP contribution is -2.63. The second-order valence-electron chi connectivity index (χ2n) is 9.02. The van der Waals surface area contributed by atoms with Crippen LogP contribution in [0.3, 0.4) is 0 Å². The molecular formula is C23H28ClFN6O4S. The Hall–Kier alpha value is -2.80. The molecule has 3 heterocycles. The van der Waals surface area contributed by atoms with Crippen LogP contribution in [0.25, 0.3) is 0 Å². The lowest BCUT2D eigenvalue weighted by atomic mass is 10.0. The quantitative estimate of drug-likeness (QED) is 0.533.